The van der Waals surface area contributed by atoms with Crippen LogP contribution in [0.3, 0.4) is 0 Å². The minimum Gasteiger partial charge on any atom is -0.381 e. The maximum atomic E-state index is 12.2. The van der Waals surface area contributed by atoms with Crippen molar-refractivity contribution in [3.8, 4) is 0 Å². The highest BCUT2D eigenvalue weighted by atomic mass is 16.5. The molecule has 23 heavy (non-hydrogen) atoms. The fraction of sp³-hybridized carbons (Fsp3) is 0.529. The van der Waals surface area contributed by atoms with Crippen LogP contribution in [-0.4, -0.2) is 37.1 Å². The zero-order valence-electron chi connectivity index (χ0n) is 13.1. The van der Waals surface area contributed by atoms with E-state index in [0.29, 0.717) is 30.5 Å². The molecule has 1 aliphatic carbocycles. The summed E-state index contributed by atoms with van der Waals surface area (Å²) in [6, 6.07) is 6.70. The first kappa shape index (κ1) is 16.0. The number of amides is 2. The van der Waals surface area contributed by atoms with Crippen LogP contribution in [0.4, 0.5) is 5.69 Å². The highest BCUT2D eigenvalue weighted by Gasteiger charge is 2.27. The van der Waals surface area contributed by atoms with E-state index in [1.54, 1.807) is 24.3 Å². The summed E-state index contributed by atoms with van der Waals surface area (Å²) in [4.78, 5) is 24.1. The van der Waals surface area contributed by atoms with Crippen LogP contribution in [0.2, 0.25) is 0 Å². The van der Waals surface area contributed by atoms with Crippen molar-refractivity contribution < 1.29 is 14.3 Å². The van der Waals surface area contributed by atoms with Gasteiger partial charge in [-0.3, -0.25) is 9.59 Å². The van der Waals surface area contributed by atoms with Gasteiger partial charge in [-0.1, -0.05) is 0 Å². The van der Waals surface area contributed by atoms with Crippen LogP contribution in [0, 0.1) is 5.92 Å². The number of rotatable bonds is 5. The normalized spacial score (nSPS) is 19.9. The lowest BCUT2D eigenvalue weighted by Gasteiger charge is -2.26. The van der Waals surface area contributed by atoms with Gasteiger partial charge in [-0.25, -0.2) is 0 Å². The average molecular weight is 317 g/mol. The summed E-state index contributed by atoms with van der Waals surface area (Å²) in [7, 11) is 0. The predicted molar refractivity (Wildman–Crippen MR) is 87.1 cm³/mol. The van der Waals surface area contributed by atoms with Crippen molar-refractivity contribution in [3.63, 3.8) is 0 Å². The minimum absolute atomic E-state index is 0.0655. The van der Waals surface area contributed by atoms with Crippen molar-refractivity contribution in [3.05, 3.63) is 29.8 Å². The second kappa shape index (κ2) is 7.10. The van der Waals surface area contributed by atoms with E-state index in [1.807, 2.05) is 0 Å². The zero-order chi connectivity index (χ0) is 16.2. The van der Waals surface area contributed by atoms with E-state index >= 15 is 0 Å². The first-order valence-corrected chi connectivity index (χ1v) is 8.18. The van der Waals surface area contributed by atoms with Crippen LogP contribution < -0.4 is 16.4 Å². The van der Waals surface area contributed by atoms with Crippen LogP contribution in [0.25, 0.3) is 0 Å². The summed E-state index contributed by atoms with van der Waals surface area (Å²) in [6.07, 6.45) is 3.75. The minimum atomic E-state index is -0.531. The molecular weight excluding hydrogens is 294 g/mol. The fourth-order valence-corrected chi connectivity index (χ4v) is 2.72. The Labute approximate surface area is 135 Å². The Bertz CT molecular complexity index is 563. The Morgan fingerprint density at radius 2 is 1.74 bits per heavy atom. The molecular formula is C17H23N3O3. The Morgan fingerprint density at radius 3 is 2.35 bits per heavy atom. The van der Waals surface area contributed by atoms with Crippen molar-refractivity contribution in [2.75, 3.05) is 18.5 Å². The number of carbonyl (C=O) groups is 2. The molecule has 0 bridgehead atoms. The van der Waals surface area contributed by atoms with Gasteiger partial charge in [-0.05, 0) is 55.9 Å². The molecule has 1 aliphatic heterocycles. The van der Waals surface area contributed by atoms with Crippen molar-refractivity contribution >= 4 is 17.5 Å². The fourth-order valence-electron chi connectivity index (χ4n) is 2.72. The number of carbonyl (C=O) groups excluding carboxylic acids is 2. The van der Waals surface area contributed by atoms with Gasteiger partial charge in [0, 0.05) is 30.5 Å². The van der Waals surface area contributed by atoms with Gasteiger partial charge in [0.15, 0.2) is 0 Å². The maximum Gasteiger partial charge on any atom is 0.251 e. The number of ether oxygens (including phenoxy) is 1. The number of nitrogens with one attached hydrogen (secondary N) is 2. The molecule has 1 saturated carbocycles. The SMILES string of the molecule is NC(C(=O)Nc1ccc(C(=O)NC2CC2)cc1)C1CCOCC1. The molecule has 1 aromatic rings. The summed E-state index contributed by atoms with van der Waals surface area (Å²) >= 11 is 0. The highest BCUT2D eigenvalue weighted by Crippen LogP contribution is 2.21. The number of hydrogen-bond acceptors (Lipinski definition) is 4. The van der Waals surface area contributed by atoms with Gasteiger partial charge >= 0.3 is 0 Å². The lowest BCUT2D eigenvalue weighted by molar-refractivity contribution is -0.119. The molecule has 3 rings (SSSR count). The summed E-state index contributed by atoms with van der Waals surface area (Å²) < 4.78 is 5.29. The Hall–Kier alpha value is -1.92. The third-order valence-corrected chi connectivity index (χ3v) is 4.40. The standard InChI is InChI=1S/C17H23N3O3/c18-15(11-7-9-23-10-8-11)17(22)20-13-3-1-12(2-4-13)16(21)19-14-5-6-14/h1-4,11,14-15H,5-10,18H2,(H,19,21)(H,20,22). The van der Waals surface area contributed by atoms with Gasteiger partial charge in [0.2, 0.25) is 5.91 Å². The molecule has 4 N–H and O–H groups in total. The molecule has 0 radical (unpaired) electrons. The molecule has 1 atom stereocenters. The van der Waals surface area contributed by atoms with Gasteiger partial charge in [0.1, 0.15) is 0 Å². The van der Waals surface area contributed by atoms with Crippen molar-refractivity contribution in [2.24, 2.45) is 11.7 Å². The molecule has 1 saturated heterocycles. The molecule has 0 spiro atoms. The molecule has 1 heterocycles. The molecule has 6 heteroatoms. The average Bonchev–Trinajstić information content (AvgIpc) is 3.39. The van der Waals surface area contributed by atoms with E-state index in [1.165, 1.54) is 0 Å². The van der Waals surface area contributed by atoms with Gasteiger partial charge in [-0.2, -0.15) is 0 Å². The Balaban J connectivity index is 1.54. The predicted octanol–water partition coefficient (Wildman–Crippen LogP) is 1.27. The third kappa shape index (κ3) is 4.30. The van der Waals surface area contributed by atoms with Crippen molar-refractivity contribution in [1.29, 1.82) is 0 Å². The first-order chi connectivity index (χ1) is 11.1. The quantitative estimate of drug-likeness (QED) is 0.762. The maximum absolute atomic E-state index is 12.2. The molecule has 124 valence electrons. The van der Waals surface area contributed by atoms with Gasteiger partial charge in [0.05, 0.1) is 6.04 Å². The monoisotopic (exact) mass is 317 g/mol. The van der Waals surface area contributed by atoms with Crippen molar-refractivity contribution in [1.82, 2.24) is 5.32 Å². The molecule has 2 aliphatic rings. The Morgan fingerprint density at radius 1 is 1.09 bits per heavy atom. The summed E-state index contributed by atoms with van der Waals surface area (Å²) in [5, 5.41) is 5.76. The number of benzene rings is 1. The van der Waals surface area contributed by atoms with E-state index in [2.05, 4.69) is 10.6 Å². The lowest BCUT2D eigenvalue weighted by atomic mass is 9.92. The molecule has 2 fully saturated rings. The molecule has 2 amide bonds. The van der Waals surface area contributed by atoms with Crippen LogP contribution in [0.1, 0.15) is 36.0 Å². The molecule has 6 nitrogen and oxygen atoms in total. The van der Waals surface area contributed by atoms with Gasteiger partial charge in [-0.15, -0.1) is 0 Å². The van der Waals surface area contributed by atoms with Crippen molar-refractivity contribution in [2.45, 2.75) is 37.8 Å². The zero-order valence-corrected chi connectivity index (χ0v) is 13.1. The highest BCUT2D eigenvalue weighted by molar-refractivity contribution is 5.97. The van der Waals surface area contributed by atoms with Crippen LogP contribution in [0.15, 0.2) is 24.3 Å². The van der Waals surface area contributed by atoms with E-state index in [9.17, 15) is 9.59 Å². The summed E-state index contributed by atoms with van der Waals surface area (Å²) in [5.74, 6) is -0.0938. The lowest BCUT2D eigenvalue weighted by Crippen LogP contribution is -2.44. The third-order valence-electron chi connectivity index (χ3n) is 4.40. The first-order valence-electron chi connectivity index (χ1n) is 8.18. The second-order valence-electron chi connectivity index (χ2n) is 6.29. The van der Waals surface area contributed by atoms with E-state index < -0.39 is 6.04 Å². The largest absolute Gasteiger partial charge is 0.381 e. The topological polar surface area (TPSA) is 93.5 Å². The van der Waals surface area contributed by atoms with Crippen LogP contribution in [-0.2, 0) is 9.53 Å². The summed E-state index contributed by atoms with van der Waals surface area (Å²) in [5.41, 5.74) is 7.30. The van der Waals surface area contributed by atoms with E-state index in [-0.39, 0.29) is 17.7 Å². The van der Waals surface area contributed by atoms with Gasteiger partial charge in [0.25, 0.3) is 5.91 Å². The van der Waals surface area contributed by atoms with E-state index in [4.69, 9.17) is 10.5 Å². The number of nitrogens with two attached hydrogens (primary N) is 1. The number of hydrogen-bond donors (Lipinski definition) is 3. The smallest absolute Gasteiger partial charge is 0.251 e. The number of anilines is 1. The molecule has 1 aromatic carbocycles. The van der Waals surface area contributed by atoms with Gasteiger partial charge < -0.3 is 21.1 Å². The second-order valence-corrected chi connectivity index (χ2v) is 6.29. The summed E-state index contributed by atoms with van der Waals surface area (Å²) in [6.45, 7) is 1.33. The molecule has 0 aromatic heterocycles. The van der Waals surface area contributed by atoms with Crippen LogP contribution in [0.5, 0.6) is 0 Å². The van der Waals surface area contributed by atoms with E-state index in [0.717, 1.165) is 25.7 Å². The Kier molecular flexibility index (Phi) is 4.93. The van der Waals surface area contributed by atoms with Crippen LogP contribution >= 0.6 is 0 Å². The molecule has 1 unspecified atom stereocenters.